The summed E-state index contributed by atoms with van der Waals surface area (Å²) in [6.07, 6.45) is 0. The second kappa shape index (κ2) is 9.38. The third-order valence-corrected chi connectivity index (χ3v) is 4.72. The zero-order valence-electron chi connectivity index (χ0n) is 17.6. The summed E-state index contributed by atoms with van der Waals surface area (Å²) in [7, 11) is 0. The fraction of sp³-hybridized carbons (Fsp3) is 0.476. The van der Waals surface area contributed by atoms with E-state index in [4.69, 9.17) is 25.3 Å². The fourth-order valence-corrected chi connectivity index (χ4v) is 3.38. The molecule has 30 heavy (non-hydrogen) atoms. The highest BCUT2D eigenvalue weighted by molar-refractivity contribution is 6.06. The van der Waals surface area contributed by atoms with Crippen molar-refractivity contribution in [1.29, 1.82) is 0 Å². The zero-order valence-corrected chi connectivity index (χ0v) is 17.6. The lowest BCUT2D eigenvalue weighted by molar-refractivity contribution is -0.124. The van der Waals surface area contributed by atoms with Crippen LogP contribution in [-0.2, 0) is 27.4 Å². The van der Waals surface area contributed by atoms with Gasteiger partial charge in [-0.2, -0.15) is 0 Å². The van der Waals surface area contributed by atoms with Crippen LogP contribution in [0.5, 0.6) is 0 Å². The number of aliphatic hydroxyl groups is 1. The highest BCUT2D eigenvalue weighted by Crippen LogP contribution is 2.30. The topological polar surface area (TPSA) is 125 Å². The minimum atomic E-state index is -0.558. The molecular weight excluding hydrogens is 386 g/mol. The Bertz CT molecular complexity index is 1030. The highest BCUT2D eigenvalue weighted by Gasteiger charge is 2.25. The van der Waals surface area contributed by atoms with Gasteiger partial charge in [0.1, 0.15) is 24.6 Å². The van der Waals surface area contributed by atoms with Gasteiger partial charge in [0.25, 0.3) is 0 Å². The van der Waals surface area contributed by atoms with Gasteiger partial charge in [-0.25, -0.2) is 9.97 Å². The van der Waals surface area contributed by atoms with Crippen LogP contribution in [0.1, 0.15) is 26.6 Å². The van der Waals surface area contributed by atoms with Gasteiger partial charge in [-0.3, -0.25) is 4.79 Å². The molecule has 0 saturated carbocycles. The Morgan fingerprint density at radius 1 is 1.30 bits per heavy atom. The number of rotatable bonds is 10. The first-order valence-corrected chi connectivity index (χ1v) is 9.99. The minimum Gasteiger partial charge on any atom is -0.387 e. The number of nitrogen functional groups attached to an aromatic ring is 1. The molecule has 0 aliphatic rings. The van der Waals surface area contributed by atoms with Gasteiger partial charge in [0, 0.05) is 18.5 Å². The third kappa shape index (κ3) is 4.86. The van der Waals surface area contributed by atoms with Crippen molar-refractivity contribution >= 4 is 33.7 Å². The van der Waals surface area contributed by atoms with Gasteiger partial charge in [-0.05, 0) is 26.8 Å². The number of hydrogen-bond donors (Lipinski definition) is 3. The number of imidazole rings is 1. The number of fused-ring (bicyclic) bond motifs is 3. The van der Waals surface area contributed by atoms with E-state index in [0.717, 1.165) is 22.2 Å². The van der Waals surface area contributed by atoms with Crippen molar-refractivity contribution < 1.29 is 19.4 Å². The van der Waals surface area contributed by atoms with E-state index in [1.165, 1.54) is 0 Å². The van der Waals surface area contributed by atoms with E-state index in [0.29, 0.717) is 44.2 Å². The number of aliphatic hydroxyl groups excluding tert-OH is 1. The van der Waals surface area contributed by atoms with Crippen LogP contribution < -0.4 is 11.1 Å². The number of aromatic nitrogens is 3. The number of carbonyl (C=O) groups is 1. The monoisotopic (exact) mass is 415 g/mol. The lowest BCUT2D eigenvalue weighted by Gasteiger charge is -2.27. The quantitative estimate of drug-likeness (QED) is 0.430. The van der Waals surface area contributed by atoms with E-state index in [1.807, 2.05) is 45.0 Å². The molecule has 0 fully saturated rings. The van der Waals surface area contributed by atoms with Crippen molar-refractivity contribution in [2.75, 3.05) is 32.1 Å². The van der Waals surface area contributed by atoms with Gasteiger partial charge in [0.2, 0.25) is 5.91 Å². The standard InChI is InChI=1S/C21H29N5O4/c1-4-29-12-16-25-18-19(14-7-5-6-8-15(14)24-20(18)22)26(16)13-21(2,3)30-10-9-23-17(28)11-27/h5-8,27H,4,9-13H2,1-3H3,(H2,22,24)(H,23,28). The molecule has 0 aliphatic carbocycles. The van der Waals surface area contributed by atoms with Crippen LogP contribution in [0.2, 0.25) is 0 Å². The van der Waals surface area contributed by atoms with E-state index < -0.39 is 18.1 Å². The molecule has 2 heterocycles. The molecule has 1 amide bonds. The number of hydrogen-bond acceptors (Lipinski definition) is 7. The van der Waals surface area contributed by atoms with E-state index >= 15 is 0 Å². The molecule has 4 N–H and O–H groups in total. The van der Waals surface area contributed by atoms with Crippen LogP contribution in [-0.4, -0.2) is 57.5 Å². The summed E-state index contributed by atoms with van der Waals surface area (Å²) in [6.45, 7) is 7.42. The van der Waals surface area contributed by atoms with E-state index in [2.05, 4.69) is 14.9 Å². The molecular formula is C21H29N5O4. The van der Waals surface area contributed by atoms with Crippen LogP contribution in [0, 0.1) is 0 Å². The van der Waals surface area contributed by atoms with Gasteiger partial charge < -0.3 is 30.2 Å². The second-order valence-electron chi connectivity index (χ2n) is 7.58. The Morgan fingerprint density at radius 2 is 2.07 bits per heavy atom. The van der Waals surface area contributed by atoms with Gasteiger partial charge in [0.15, 0.2) is 5.82 Å². The predicted octanol–water partition coefficient (Wildman–Crippen LogP) is 1.61. The highest BCUT2D eigenvalue weighted by atomic mass is 16.5. The Morgan fingerprint density at radius 3 is 2.80 bits per heavy atom. The molecule has 0 spiro atoms. The summed E-state index contributed by atoms with van der Waals surface area (Å²) in [4.78, 5) is 20.4. The first-order chi connectivity index (χ1) is 14.4. The van der Waals surface area contributed by atoms with E-state index in [1.54, 1.807) is 0 Å². The van der Waals surface area contributed by atoms with Crippen molar-refractivity contribution in [3.05, 3.63) is 30.1 Å². The number of amides is 1. The predicted molar refractivity (Wildman–Crippen MR) is 115 cm³/mol. The van der Waals surface area contributed by atoms with Crippen molar-refractivity contribution in [3.8, 4) is 0 Å². The maximum absolute atomic E-state index is 11.2. The molecule has 0 radical (unpaired) electrons. The SMILES string of the molecule is CCOCc1nc2c(N)nc3ccccc3c2n1CC(C)(C)OCCNC(=O)CO. The molecule has 0 atom stereocenters. The normalized spacial score (nSPS) is 12.0. The molecule has 0 aliphatic heterocycles. The summed E-state index contributed by atoms with van der Waals surface area (Å²) < 4.78 is 13.7. The first kappa shape index (κ1) is 21.9. The maximum atomic E-state index is 11.2. The zero-order chi connectivity index (χ0) is 21.7. The molecule has 0 unspecified atom stereocenters. The number of anilines is 1. The van der Waals surface area contributed by atoms with Crippen molar-refractivity contribution in [2.24, 2.45) is 0 Å². The summed E-state index contributed by atoms with van der Waals surface area (Å²) >= 11 is 0. The lowest BCUT2D eigenvalue weighted by atomic mass is 10.1. The average Bonchev–Trinajstić information content (AvgIpc) is 3.08. The number of para-hydroxylation sites is 1. The van der Waals surface area contributed by atoms with E-state index in [9.17, 15) is 4.79 Å². The van der Waals surface area contributed by atoms with E-state index in [-0.39, 0.29) is 0 Å². The number of benzene rings is 1. The van der Waals surface area contributed by atoms with Crippen LogP contribution >= 0.6 is 0 Å². The second-order valence-corrected chi connectivity index (χ2v) is 7.58. The largest absolute Gasteiger partial charge is 0.387 e. The maximum Gasteiger partial charge on any atom is 0.245 e. The lowest BCUT2D eigenvalue weighted by Crippen LogP contribution is -2.36. The van der Waals surface area contributed by atoms with Crippen LogP contribution in [0.3, 0.4) is 0 Å². The average molecular weight is 415 g/mol. The molecule has 3 rings (SSSR count). The van der Waals surface area contributed by atoms with Gasteiger partial charge in [-0.15, -0.1) is 0 Å². The van der Waals surface area contributed by atoms with Crippen LogP contribution in [0.25, 0.3) is 21.9 Å². The number of pyridine rings is 1. The molecule has 1 aromatic carbocycles. The third-order valence-electron chi connectivity index (χ3n) is 4.72. The van der Waals surface area contributed by atoms with Gasteiger partial charge in [-0.1, -0.05) is 18.2 Å². The number of nitrogens with zero attached hydrogens (tertiary/aromatic N) is 3. The van der Waals surface area contributed by atoms with Crippen LogP contribution in [0.15, 0.2) is 24.3 Å². The summed E-state index contributed by atoms with van der Waals surface area (Å²) in [6, 6.07) is 7.82. The molecule has 0 saturated heterocycles. The smallest absolute Gasteiger partial charge is 0.245 e. The molecule has 9 nitrogen and oxygen atoms in total. The number of nitrogens with one attached hydrogen (secondary N) is 1. The molecule has 162 valence electrons. The number of nitrogens with two attached hydrogens (primary N) is 1. The molecule has 0 bridgehead atoms. The summed E-state index contributed by atoms with van der Waals surface area (Å²) in [5.74, 6) is 0.707. The van der Waals surface area contributed by atoms with Gasteiger partial charge >= 0.3 is 0 Å². The van der Waals surface area contributed by atoms with Crippen molar-refractivity contribution in [2.45, 2.75) is 39.5 Å². The Labute approximate surface area is 175 Å². The molecule has 2 aromatic heterocycles. The number of carbonyl (C=O) groups excluding carboxylic acids is 1. The van der Waals surface area contributed by atoms with Crippen LogP contribution in [0.4, 0.5) is 5.82 Å². The first-order valence-electron chi connectivity index (χ1n) is 9.99. The fourth-order valence-electron chi connectivity index (χ4n) is 3.38. The molecule has 9 heteroatoms. The van der Waals surface area contributed by atoms with Crippen molar-refractivity contribution in [3.63, 3.8) is 0 Å². The Balaban J connectivity index is 1.95. The summed E-state index contributed by atoms with van der Waals surface area (Å²) in [5.41, 5.74) is 8.01. The molecule has 3 aromatic rings. The summed E-state index contributed by atoms with van der Waals surface area (Å²) in [5, 5.41) is 12.3. The number of ether oxygens (including phenoxy) is 2. The Hall–Kier alpha value is -2.75. The Kier molecular flexibility index (Phi) is 6.86. The van der Waals surface area contributed by atoms with Crippen molar-refractivity contribution in [1.82, 2.24) is 19.9 Å². The minimum absolute atomic E-state index is 0.316. The van der Waals surface area contributed by atoms with Gasteiger partial charge in [0.05, 0.1) is 29.8 Å².